The molecule has 1 heterocycles. The molecule has 2 aromatic carbocycles. The van der Waals surface area contributed by atoms with Crippen LogP contribution in [-0.4, -0.2) is 25.1 Å². The molecule has 29 heavy (non-hydrogen) atoms. The molecule has 0 aliphatic heterocycles. The van der Waals surface area contributed by atoms with Crippen LogP contribution in [0, 0.1) is 0 Å². The monoisotopic (exact) mass is 392 g/mol. The Bertz CT molecular complexity index is 945. The van der Waals surface area contributed by atoms with Gasteiger partial charge in [0.25, 0.3) is 0 Å². The number of carbonyl (C=O) groups is 1. The minimum Gasteiger partial charge on any atom is -0.497 e. The molecule has 0 fully saturated rings. The second-order valence-electron chi connectivity index (χ2n) is 6.41. The lowest BCUT2D eigenvalue weighted by Gasteiger charge is -2.11. The van der Waals surface area contributed by atoms with E-state index in [0.29, 0.717) is 30.5 Å². The van der Waals surface area contributed by atoms with Gasteiger partial charge in [-0.15, -0.1) is 0 Å². The highest BCUT2D eigenvalue weighted by Crippen LogP contribution is 2.25. The number of methoxy groups -OCH3 is 2. The fraction of sp³-hybridized carbons (Fsp3) is 0.217. The van der Waals surface area contributed by atoms with E-state index in [1.54, 1.807) is 26.5 Å². The molecule has 0 atom stereocenters. The van der Waals surface area contributed by atoms with Crippen LogP contribution in [0.5, 0.6) is 17.4 Å². The van der Waals surface area contributed by atoms with Gasteiger partial charge in [-0.3, -0.25) is 4.79 Å². The molecule has 6 nitrogen and oxygen atoms in total. The molecule has 0 radical (unpaired) electrons. The molecule has 3 rings (SSSR count). The Labute approximate surface area is 170 Å². The maximum Gasteiger partial charge on any atom is 0.224 e. The number of benzene rings is 2. The van der Waals surface area contributed by atoms with Gasteiger partial charge in [-0.05, 0) is 23.3 Å². The maximum atomic E-state index is 12.4. The Balaban J connectivity index is 1.54. The summed E-state index contributed by atoms with van der Waals surface area (Å²) >= 11 is 0. The number of hydrogen-bond donors (Lipinski definition) is 1. The number of nitrogens with one attached hydrogen (secondary N) is 1. The second-order valence-corrected chi connectivity index (χ2v) is 6.41. The van der Waals surface area contributed by atoms with Crippen molar-refractivity contribution >= 4 is 5.91 Å². The zero-order valence-corrected chi connectivity index (χ0v) is 16.6. The van der Waals surface area contributed by atoms with Gasteiger partial charge in [0.2, 0.25) is 11.8 Å². The summed E-state index contributed by atoms with van der Waals surface area (Å²) in [6.07, 6.45) is 1.89. The van der Waals surface area contributed by atoms with E-state index in [4.69, 9.17) is 14.2 Å². The highest BCUT2D eigenvalue weighted by Gasteiger charge is 2.10. The molecule has 0 unspecified atom stereocenters. The molecule has 0 spiro atoms. The van der Waals surface area contributed by atoms with Crippen molar-refractivity contribution in [2.24, 2.45) is 0 Å². The zero-order valence-electron chi connectivity index (χ0n) is 16.6. The Morgan fingerprint density at radius 3 is 2.55 bits per heavy atom. The van der Waals surface area contributed by atoms with Crippen LogP contribution in [0.15, 0.2) is 66.9 Å². The molecule has 1 N–H and O–H groups in total. The van der Waals surface area contributed by atoms with E-state index in [-0.39, 0.29) is 12.3 Å². The quantitative estimate of drug-likeness (QED) is 0.603. The molecular weight excluding hydrogens is 368 g/mol. The lowest BCUT2D eigenvalue weighted by Crippen LogP contribution is -2.24. The lowest BCUT2D eigenvalue weighted by atomic mass is 10.1. The summed E-state index contributed by atoms with van der Waals surface area (Å²) in [4.78, 5) is 16.6. The van der Waals surface area contributed by atoms with Crippen LogP contribution in [0.4, 0.5) is 0 Å². The Morgan fingerprint density at radius 1 is 0.966 bits per heavy atom. The first-order valence-electron chi connectivity index (χ1n) is 9.27. The number of hydrogen-bond acceptors (Lipinski definition) is 5. The van der Waals surface area contributed by atoms with Crippen molar-refractivity contribution in [2.45, 2.75) is 19.6 Å². The summed E-state index contributed by atoms with van der Waals surface area (Å²) in [5.41, 5.74) is 2.78. The van der Waals surface area contributed by atoms with Gasteiger partial charge in [-0.25, -0.2) is 4.98 Å². The predicted octanol–water partition coefficient (Wildman–Crippen LogP) is 3.54. The van der Waals surface area contributed by atoms with E-state index in [1.165, 1.54) is 0 Å². The van der Waals surface area contributed by atoms with Gasteiger partial charge >= 0.3 is 0 Å². The third-order valence-electron chi connectivity index (χ3n) is 4.36. The molecule has 1 aromatic heterocycles. The van der Waals surface area contributed by atoms with Gasteiger partial charge in [0.15, 0.2) is 0 Å². The van der Waals surface area contributed by atoms with E-state index in [9.17, 15) is 4.79 Å². The average molecular weight is 392 g/mol. The third-order valence-corrected chi connectivity index (χ3v) is 4.36. The van der Waals surface area contributed by atoms with E-state index < -0.39 is 0 Å². The summed E-state index contributed by atoms with van der Waals surface area (Å²) in [5.74, 6) is 1.74. The number of rotatable bonds is 9. The number of ether oxygens (including phenoxy) is 3. The molecule has 3 aromatic rings. The van der Waals surface area contributed by atoms with Gasteiger partial charge in [0.05, 0.1) is 20.6 Å². The van der Waals surface area contributed by atoms with Crippen LogP contribution >= 0.6 is 0 Å². The van der Waals surface area contributed by atoms with Gasteiger partial charge in [0, 0.05) is 30.4 Å². The topological polar surface area (TPSA) is 69.7 Å². The Kier molecular flexibility index (Phi) is 7.05. The smallest absolute Gasteiger partial charge is 0.224 e. The van der Waals surface area contributed by atoms with Crippen LogP contribution in [-0.2, 0) is 24.4 Å². The molecule has 0 saturated heterocycles. The maximum absolute atomic E-state index is 12.4. The number of nitrogens with zero attached hydrogens (tertiary/aromatic N) is 1. The van der Waals surface area contributed by atoms with Crippen molar-refractivity contribution in [3.05, 3.63) is 83.6 Å². The minimum atomic E-state index is -0.1000. The summed E-state index contributed by atoms with van der Waals surface area (Å²) in [6.45, 7) is 0.836. The fourth-order valence-corrected chi connectivity index (χ4v) is 2.80. The molecule has 150 valence electrons. The Morgan fingerprint density at radius 2 is 1.79 bits per heavy atom. The summed E-state index contributed by atoms with van der Waals surface area (Å²) in [7, 11) is 3.16. The van der Waals surface area contributed by atoms with Crippen molar-refractivity contribution in [3.63, 3.8) is 0 Å². The van der Waals surface area contributed by atoms with Gasteiger partial charge in [-0.1, -0.05) is 36.4 Å². The van der Waals surface area contributed by atoms with Gasteiger partial charge in [-0.2, -0.15) is 0 Å². The first-order chi connectivity index (χ1) is 14.2. The first kappa shape index (κ1) is 20.2. The van der Waals surface area contributed by atoms with Crippen LogP contribution in [0.25, 0.3) is 0 Å². The Hall–Kier alpha value is -3.54. The van der Waals surface area contributed by atoms with E-state index >= 15 is 0 Å². The molecule has 0 aliphatic rings. The molecule has 6 heteroatoms. The summed E-state index contributed by atoms with van der Waals surface area (Å²) in [5, 5.41) is 2.92. The highest BCUT2D eigenvalue weighted by atomic mass is 16.5. The van der Waals surface area contributed by atoms with Gasteiger partial charge < -0.3 is 19.5 Å². The zero-order chi connectivity index (χ0) is 20.5. The van der Waals surface area contributed by atoms with Crippen LogP contribution < -0.4 is 19.5 Å². The molecular formula is C23H24N2O4. The minimum absolute atomic E-state index is 0.1000. The van der Waals surface area contributed by atoms with Crippen molar-refractivity contribution in [2.75, 3.05) is 14.2 Å². The highest BCUT2D eigenvalue weighted by molar-refractivity contribution is 5.79. The largest absolute Gasteiger partial charge is 0.497 e. The average Bonchev–Trinajstić information content (AvgIpc) is 2.77. The number of amides is 1. The standard InChI is InChI=1S/C23H24N2O4/c1-27-20-9-8-19(21(14-20)28-2)13-22(26)25-15-18-10-11-24-23(12-18)29-16-17-6-4-3-5-7-17/h3-12,14H,13,15-16H2,1-2H3,(H,25,26). The van der Waals surface area contributed by atoms with Crippen molar-refractivity contribution < 1.29 is 19.0 Å². The normalized spacial score (nSPS) is 10.3. The predicted molar refractivity (Wildman–Crippen MR) is 110 cm³/mol. The molecule has 0 saturated carbocycles. The van der Waals surface area contributed by atoms with Crippen LogP contribution in [0.1, 0.15) is 16.7 Å². The summed E-state index contributed by atoms with van der Waals surface area (Å²) < 4.78 is 16.3. The van der Waals surface area contributed by atoms with Crippen LogP contribution in [0.3, 0.4) is 0 Å². The summed E-state index contributed by atoms with van der Waals surface area (Å²) in [6, 6.07) is 19.0. The molecule has 0 bridgehead atoms. The third kappa shape index (κ3) is 5.97. The number of pyridine rings is 1. The van der Waals surface area contributed by atoms with Crippen molar-refractivity contribution in [3.8, 4) is 17.4 Å². The lowest BCUT2D eigenvalue weighted by molar-refractivity contribution is -0.120. The molecule has 0 aliphatic carbocycles. The van der Waals surface area contributed by atoms with E-state index in [0.717, 1.165) is 16.7 Å². The number of aromatic nitrogens is 1. The van der Waals surface area contributed by atoms with Gasteiger partial charge in [0.1, 0.15) is 18.1 Å². The second kappa shape index (κ2) is 10.1. The first-order valence-corrected chi connectivity index (χ1v) is 9.27. The van der Waals surface area contributed by atoms with E-state index in [1.807, 2.05) is 54.6 Å². The number of carbonyl (C=O) groups excluding carboxylic acids is 1. The van der Waals surface area contributed by atoms with Crippen molar-refractivity contribution in [1.29, 1.82) is 0 Å². The molecule has 1 amide bonds. The fourth-order valence-electron chi connectivity index (χ4n) is 2.80. The SMILES string of the molecule is COc1ccc(CC(=O)NCc2ccnc(OCc3ccccc3)c2)c(OC)c1. The van der Waals surface area contributed by atoms with Crippen LogP contribution in [0.2, 0.25) is 0 Å². The van der Waals surface area contributed by atoms with Crippen molar-refractivity contribution in [1.82, 2.24) is 10.3 Å². The van der Waals surface area contributed by atoms with E-state index in [2.05, 4.69) is 10.3 Å².